The SMILES string of the molecule is COc1ccc(Cn2ncc(C)c2S(=O)[O-])cc1.[Na+]. The van der Waals surface area contributed by atoms with Crippen LogP contribution in [0.15, 0.2) is 35.5 Å². The van der Waals surface area contributed by atoms with E-state index in [9.17, 15) is 8.76 Å². The number of benzene rings is 1. The standard InChI is InChI=1S/C12H14N2O3S.Na/c1-9-7-13-14(12(9)18(15)16)8-10-3-5-11(17-2)6-4-10;/h3-7H,8H2,1-2H3,(H,15,16);/q;+1/p-1. The van der Waals surface area contributed by atoms with Gasteiger partial charge in [-0.2, -0.15) is 5.10 Å². The largest absolute Gasteiger partial charge is 1.00 e. The van der Waals surface area contributed by atoms with Gasteiger partial charge in [-0.05, 0) is 35.7 Å². The first kappa shape index (κ1) is 16.4. The molecule has 0 aliphatic heterocycles. The van der Waals surface area contributed by atoms with Gasteiger partial charge in [-0.3, -0.25) is 8.89 Å². The number of methoxy groups -OCH3 is 1. The Bertz CT molecular complexity index is 569. The average Bonchev–Trinajstić information content (AvgIpc) is 2.71. The van der Waals surface area contributed by atoms with E-state index in [4.69, 9.17) is 4.74 Å². The van der Waals surface area contributed by atoms with Crippen molar-refractivity contribution in [3.05, 3.63) is 41.6 Å². The second kappa shape index (κ2) is 7.21. The van der Waals surface area contributed by atoms with Gasteiger partial charge in [0.05, 0.1) is 19.9 Å². The molecule has 0 amide bonds. The van der Waals surface area contributed by atoms with Crippen LogP contribution in [0, 0.1) is 6.92 Å². The molecule has 0 aliphatic rings. The minimum absolute atomic E-state index is 0. The van der Waals surface area contributed by atoms with E-state index in [-0.39, 0.29) is 34.6 Å². The molecule has 1 atom stereocenters. The third-order valence-electron chi connectivity index (χ3n) is 2.61. The summed E-state index contributed by atoms with van der Waals surface area (Å²) in [4.78, 5) is 0. The van der Waals surface area contributed by atoms with E-state index in [1.165, 1.54) is 4.68 Å². The van der Waals surface area contributed by atoms with Gasteiger partial charge in [0.15, 0.2) is 0 Å². The molecule has 7 heteroatoms. The summed E-state index contributed by atoms with van der Waals surface area (Å²) in [6.45, 7) is 2.14. The summed E-state index contributed by atoms with van der Waals surface area (Å²) in [6, 6.07) is 7.43. The van der Waals surface area contributed by atoms with Crippen molar-refractivity contribution in [1.82, 2.24) is 9.78 Å². The molecule has 0 bridgehead atoms. The van der Waals surface area contributed by atoms with E-state index in [0.717, 1.165) is 11.3 Å². The molecule has 19 heavy (non-hydrogen) atoms. The van der Waals surface area contributed by atoms with Crippen LogP contribution < -0.4 is 34.3 Å². The van der Waals surface area contributed by atoms with E-state index in [0.29, 0.717) is 12.1 Å². The summed E-state index contributed by atoms with van der Waals surface area (Å²) in [5, 5.41) is 4.29. The molecule has 1 heterocycles. The molecule has 2 aromatic rings. The Kier molecular flexibility index (Phi) is 6.22. The number of ether oxygens (including phenoxy) is 1. The zero-order chi connectivity index (χ0) is 13.1. The number of aryl methyl sites for hydroxylation is 1. The zero-order valence-corrected chi connectivity index (χ0v) is 13.9. The Hall–Kier alpha value is -0.660. The van der Waals surface area contributed by atoms with Crippen LogP contribution in [-0.2, 0) is 17.6 Å². The van der Waals surface area contributed by atoms with Gasteiger partial charge in [0.2, 0.25) is 0 Å². The first-order valence-electron chi connectivity index (χ1n) is 5.36. The third-order valence-corrected chi connectivity index (χ3v) is 3.46. The fourth-order valence-electron chi connectivity index (χ4n) is 1.70. The molecular formula is C12H13N2NaO3S. The predicted octanol–water partition coefficient (Wildman–Crippen LogP) is -1.51. The van der Waals surface area contributed by atoms with Gasteiger partial charge >= 0.3 is 29.6 Å². The molecule has 0 saturated heterocycles. The van der Waals surface area contributed by atoms with E-state index in [2.05, 4.69) is 5.10 Å². The molecule has 1 aromatic heterocycles. The van der Waals surface area contributed by atoms with Crippen molar-refractivity contribution in [2.24, 2.45) is 0 Å². The summed E-state index contributed by atoms with van der Waals surface area (Å²) in [6.07, 6.45) is 1.55. The van der Waals surface area contributed by atoms with Crippen LogP contribution in [0.4, 0.5) is 0 Å². The number of aromatic nitrogens is 2. The Morgan fingerprint density at radius 3 is 2.53 bits per heavy atom. The number of nitrogens with zero attached hydrogens (tertiary/aromatic N) is 2. The van der Waals surface area contributed by atoms with Crippen molar-refractivity contribution < 1.29 is 43.1 Å². The van der Waals surface area contributed by atoms with Gasteiger partial charge in [-0.25, -0.2) is 0 Å². The zero-order valence-electron chi connectivity index (χ0n) is 11.1. The molecule has 0 N–H and O–H groups in total. The van der Waals surface area contributed by atoms with Crippen molar-refractivity contribution in [3.63, 3.8) is 0 Å². The van der Waals surface area contributed by atoms with E-state index in [1.54, 1.807) is 20.2 Å². The number of rotatable bonds is 4. The first-order chi connectivity index (χ1) is 8.61. The maximum Gasteiger partial charge on any atom is 1.00 e. The predicted molar refractivity (Wildman–Crippen MR) is 66.2 cm³/mol. The Morgan fingerprint density at radius 2 is 2.00 bits per heavy atom. The van der Waals surface area contributed by atoms with Crippen LogP contribution >= 0.6 is 0 Å². The monoisotopic (exact) mass is 288 g/mol. The van der Waals surface area contributed by atoms with Gasteiger partial charge in [0.25, 0.3) is 0 Å². The summed E-state index contributed by atoms with van der Waals surface area (Å²) in [7, 11) is 1.60. The molecule has 2 rings (SSSR count). The topological polar surface area (TPSA) is 67.2 Å². The number of hydrogen-bond donors (Lipinski definition) is 0. The van der Waals surface area contributed by atoms with Gasteiger partial charge < -0.3 is 9.29 Å². The molecule has 96 valence electrons. The summed E-state index contributed by atoms with van der Waals surface area (Å²) in [5.74, 6) is 0.767. The number of hydrogen-bond acceptors (Lipinski definition) is 4. The molecule has 0 spiro atoms. The molecule has 0 fully saturated rings. The van der Waals surface area contributed by atoms with Crippen molar-refractivity contribution in [3.8, 4) is 5.75 Å². The smallest absolute Gasteiger partial charge is 0.767 e. The fraction of sp³-hybridized carbons (Fsp3) is 0.250. The molecule has 0 aliphatic carbocycles. The summed E-state index contributed by atoms with van der Waals surface area (Å²) < 4.78 is 28.8. The third kappa shape index (κ3) is 3.90. The van der Waals surface area contributed by atoms with Crippen LogP contribution in [-0.4, -0.2) is 25.7 Å². The maximum absolute atomic E-state index is 11.1. The summed E-state index contributed by atoms with van der Waals surface area (Å²) >= 11 is -2.27. The van der Waals surface area contributed by atoms with Crippen LogP contribution in [0.2, 0.25) is 0 Å². The summed E-state index contributed by atoms with van der Waals surface area (Å²) in [5.41, 5.74) is 1.61. The molecule has 0 radical (unpaired) electrons. The molecular weight excluding hydrogens is 275 g/mol. The van der Waals surface area contributed by atoms with Crippen molar-refractivity contribution in [2.45, 2.75) is 18.5 Å². The Balaban J connectivity index is 0.00000180. The molecule has 1 aromatic carbocycles. The molecule has 0 saturated carbocycles. The second-order valence-electron chi connectivity index (χ2n) is 3.87. The van der Waals surface area contributed by atoms with Crippen molar-refractivity contribution in [2.75, 3.05) is 7.11 Å². The van der Waals surface area contributed by atoms with E-state index >= 15 is 0 Å². The average molecular weight is 288 g/mol. The van der Waals surface area contributed by atoms with Gasteiger partial charge in [0, 0.05) is 5.56 Å². The van der Waals surface area contributed by atoms with Gasteiger partial charge in [0.1, 0.15) is 10.8 Å². The Morgan fingerprint density at radius 1 is 1.37 bits per heavy atom. The van der Waals surface area contributed by atoms with Crippen LogP contribution in [0.5, 0.6) is 5.75 Å². The second-order valence-corrected chi connectivity index (χ2v) is 4.73. The minimum Gasteiger partial charge on any atom is -0.767 e. The maximum atomic E-state index is 11.1. The first-order valence-corrected chi connectivity index (χ1v) is 6.44. The Labute approximate surface area is 136 Å². The normalized spacial score (nSPS) is 11.7. The van der Waals surface area contributed by atoms with E-state index in [1.807, 2.05) is 24.3 Å². The van der Waals surface area contributed by atoms with Crippen LogP contribution in [0.1, 0.15) is 11.1 Å². The minimum atomic E-state index is -2.27. The van der Waals surface area contributed by atoms with Crippen LogP contribution in [0.25, 0.3) is 0 Å². The van der Waals surface area contributed by atoms with Gasteiger partial charge in [-0.1, -0.05) is 12.1 Å². The van der Waals surface area contributed by atoms with Gasteiger partial charge in [-0.15, -0.1) is 0 Å². The fourth-order valence-corrected chi connectivity index (χ4v) is 2.30. The molecule has 1 unspecified atom stereocenters. The van der Waals surface area contributed by atoms with E-state index < -0.39 is 11.1 Å². The van der Waals surface area contributed by atoms with Crippen LogP contribution in [0.3, 0.4) is 0 Å². The van der Waals surface area contributed by atoms with Crippen molar-refractivity contribution in [1.29, 1.82) is 0 Å². The quantitative estimate of drug-likeness (QED) is 0.507. The van der Waals surface area contributed by atoms with Crippen molar-refractivity contribution >= 4 is 11.1 Å². The molecule has 5 nitrogen and oxygen atoms in total.